The van der Waals surface area contributed by atoms with E-state index in [-0.39, 0.29) is 5.95 Å². The molecule has 1 aromatic heterocycles. The summed E-state index contributed by atoms with van der Waals surface area (Å²) >= 11 is 0. The first-order valence-corrected chi connectivity index (χ1v) is 8.72. The Kier molecular flexibility index (Phi) is 5.11. The van der Waals surface area contributed by atoms with Crippen molar-refractivity contribution in [1.82, 2.24) is 15.2 Å². The molecule has 0 amide bonds. The summed E-state index contributed by atoms with van der Waals surface area (Å²) in [5, 5.41) is 9.82. The Labute approximate surface area is 153 Å². The van der Waals surface area contributed by atoms with E-state index in [4.69, 9.17) is 10.5 Å². The largest absolute Gasteiger partial charge is 0.457 e. The number of hydrogen-bond donors (Lipinski definition) is 3. The van der Waals surface area contributed by atoms with Gasteiger partial charge in [0.25, 0.3) is 0 Å². The molecule has 0 aliphatic rings. The van der Waals surface area contributed by atoms with Crippen molar-refractivity contribution in [3.05, 3.63) is 58.7 Å². The molecule has 0 saturated heterocycles. The average Bonchev–Trinajstić information content (AvgIpc) is 2.99. The zero-order valence-corrected chi connectivity index (χ0v) is 15.6. The maximum Gasteiger partial charge on any atom is 0.243 e. The number of anilines is 2. The van der Waals surface area contributed by atoms with Gasteiger partial charge in [-0.2, -0.15) is 4.98 Å². The van der Waals surface area contributed by atoms with Gasteiger partial charge in [-0.05, 0) is 48.6 Å². The van der Waals surface area contributed by atoms with Crippen LogP contribution in [0.2, 0.25) is 0 Å². The summed E-state index contributed by atoms with van der Waals surface area (Å²) in [7, 11) is 0. The van der Waals surface area contributed by atoms with E-state index in [1.807, 2.05) is 12.1 Å². The van der Waals surface area contributed by atoms with E-state index in [0.29, 0.717) is 18.4 Å². The summed E-state index contributed by atoms with van der Waals surface area (Å²) in [4.78, 5) is 4.08. The Hall–Kier alpha value is -3.02. The van der Waals surface area contributed by atoms with Gasteiger partial charge in [0, 0.05) is 12.1 Å². The average molecular weight is 351 g/mol. The highest BCUT2D eigenvalue weighted by Crippen LogP contribution is 2.34. The van der Waals surface area contributed by atoms with Crippen molar-refractivity contribution >= 4 is 11.9 Å². The van der Waals surface area contributed by atoms with E-state index < -0.39 is 0 Å². The molecule has 4 N–H and O–H groups in total. The molecule has 0 atom stereocenters. The fourth-order valence-electron chi connectivity index (χ4n) is 2.84. The van der Waals surface area contributed by atoms with E-state index in [0.717, 1.165) is 22.6 Å². The Morgan fingerprint density at radius 2 is 1.96 bits per heavy atom. The van der Waals surface area contributed by atoms with Crippen molar-refractivity contribution in [1.29, 1.82) is 0 Å². The molecular formula is C20H25N5O. The van der Waals surface area contributed by atoms with E-state index in [1.54, 1.807) is 0 Å². The maximum atomic E-state index is 6.34. The monoisotopic (exact) mass is 351 g/mol. The Morgan fingerprint density at radius 1 is 1.15 bits per heavy atom. The van der Waals surface area contributed by atoms with Gasteiger partial charge in [-0.1, -0.05) is 38.1 Å². The third kappa shape index (κ3) is 3.96. The Balaban J connectivity index is 1.89. The molecule has 0 fully saturated rings. The van der Waals surface area contributed by atoms with Crippen molar-refractivity contribution in [3.63, 3.8) is 0 Å². The van der Waals surface area contributed by atoms with Gasteiger partial charge in [0.15, 0.2) is 0 Å². The Morgan fingerprint density at radius 3 is 2.65 bits per heavy atom. The second kappa shape index (κ2) is 7.47. The third-order valence-corrected chi connectivity index (χ3v) is 4.30. The van der Waals surface area contributed by atoms with E-state index in [9.17, 15) is 0 Å². The molecule has 0 spiro atoms. The molecule has 6 heteroatoms. The molecule has 26 heavy (non-hydrogen) atoms. The van der Waals surface area contributed by atoms with E-state index >= 15 is 0 Å². The highest BCUT2D eigenvalue weighted by molar-refractivity contribution is 5.47. The number of ether oxygens (including phenoxy) is 1. The van der Waals surface area contributed by atoms with Crippen LogP contribution in [0.1, 0.15) is 42.0 Å². The van der Waals surface area contributed by atoms with Gasteiger partial charge < -0.3 is 15.8 Å². The van der Waals surface area contributed by atoms with E-state index in [1.165, 1.54) is 11.1 Å². The molecule has 2 aromatic carbocycles. The second-order valence-corrected chi connectivity index (χ2v) is 6.75. The smallest absolute Gasteiger partial charge is 0.243 e. The zero-order chi connectivity index (χ0) is 18.7. The standard InChI is InChI=1S/C20H25N5O/c1-12(2)15-9-8-13(3)10-18(15)26-17-7-5-6-14(4)16(17)11-22-20-23-19(21)24-25-20/h5-10,12H,11H2,1-4H3,(H4,21,22,23,24,25). The first kappa shape index (κ1) is 17.8. The van der Waals surface area contributed by atoms with Gasteiger partial charge in [0.1, 0.15) is 11.5 Å². The number of aryl methyl sites for hydroxylation is 2. The molecule has 0 bridgehead atoms. The van der Waals surface area contributed by atoms with Crippen molar-refractivity contribution < 1.29 is 4.74 Å². The second-order valence-electron chi connectivity index (χ2n) is 6.75. The number of rotatable bonds is 6. The number of H-pyrrole nitrogens is 1. The van der Waals surface area contributed by atoms with Gasteiger partial charge in [0.05, 0.1) is 0 Å². The Bertz CT molecular complexity index is 901. The lowest BCUT2D eigenvalue weighted by Gasteiger charge is -2.18. The van der Waals surface area contributed by atoms with Crippen LogP contribution in [0.15, 0.2) is 36.4 Å². The number of aromatic nitrogens is 3. The van der Waals surface area contributed by atoms with Crippen LogP contribution in [-0.4, -0.2) is 15.2 Å². The van der Waals surface area contributed by atoms with Gasteiger partial charge in [0.2, 0.25) is 11.9 Å². The van der Waals surface area contributed by atoms with Crippen LogP contribution >= 0.6 is 0 Å². The minimum atomic E-state index is 0.287. The van der Waals surface area contributed by atoms with Crippen LogP contribution in [0.25, 0.3) is 0 Å². The molecule has 3 aromatic rings. The van der Waals surface area contributed by atoms with Crippen LogP contribution in [-0.2, 0) is 6.54 Å². The normalized spacial score (nSPS) is 11.0. The molecule has 0 aliphatic carbocycles. The van der Waals surface area contributed by atoms with Crippen molar-refractivity contribution in [2.24, 2.45) is 0 Å². The van der Waals surface area contributed by atoms with Gasteiger partial charge >= 0.3 is 0 Å². The summed E-state index contributed by atoms with van der Waals surface area (Å²) in [5.74, 6) is 2.86. The molecule has 6 nitrogen and oxygen atoms in total. The first-order valence-electron chi connectivity index (χ1n) is 8.72. The SMILES string of the molecule is Cc1ccc(C(C)C)c(Oc2cccc(C)c2CNc2n[nH]c(N)n2)c1. The van der Waals surface area contributed by atoms with Crippen LogP contribution in [0.3, 0.4) is 0 Å². The molecule has 0 radical (unpaired) electrons. The topological polar surface area (TPSA) is 88.8 Å². The minimum Gasteiger partial charge on any atom is -0.457 e. The van der Waals surface area contributed by atoms with Crippen LogP contribution in [0.5, 0.6) is 11.5 Å². The van der Waals surface area contributed by atoms with Gasteiger partial charge in [-0.15, -0.1) is 5.10 Å². The van der Waals surface area contributed by atoms with Gasteiger partial charge in [-0.25, -0.2) is 5.10 Å². The molecule has 136 valence electrons. The summed E-state index contributed by atoms with van der Waals surface area (Å²) in [6.07, 6.45) is 0. The fraction of sp³-hybridized carbons (Fsp3) is 0.300. The molecule has 3 rings (SSSR count). The molecule has 0 aliphatic heterocycles. The number of nitrogens with two attached hydrogens (primary N) is 1. The lowest BCUT2D eigenvalue weighted by Crippen LogP contribution is -2.05. The number of nitrogens with one attached hydrogen (secondary N) is 2. The molecule has 0 saturated carbocycles. The summed E-state index contributed by atoms with van der Waals surface area (Å²) in [6.45, 7) is 9.02. The summed E-state index contributed by atoms with van der Waals surface area (Å²) in [5.41, 5.74) is 10.1. The van der Waals surface area contributed by atoms with Crippen LogP contribution in [0.4, 0.5) is 11.9 Å². The zero-order valence-electron chi connectivity index (χ0n) is 15.6. The lowest BCUT2D eigenvalue weighted by molar-refractivity contribution is 0.467. The van der Waals surface area contributed by atoms with Crippen molar-refractivity contribution in [2.45, 2.75) is 40.2 Å². The predicted octanol–water partition coefficient (Wildman–Crippen LogP) is 4.53. The quantitative estimate of drug-likeness (QED) is 0.607. The summed E-state index contributed by atoms with van der Waals surface area (Å²) in [6, 6.07) is 12.4. The molecule has 0 unspecified atom stereocenters. The molecule has 1 heterocycles. The highest BCUT2D eigenvalue weighted by Gasteiger charge is 2.13. The van der Waals surface area contributed by atoms with Crippen LogP contribution < -0.4 is 15.8 Å². The van der Waals surface area contributed by atoms with Crippen LogP contribution in [0, 0.1) is 13.8 Å². The summed E-state index contributed by atoms with van der Waals surface area (Å²) < 4.78 is 6.34. The third-order valence-electron chi connectivity index (χ3n) is 4.30. The minimum absolute atomic E-state index is 0.287. The number of nitrogen functional groups attached to an aromatic ring is 1. The highest BCUT2D eigenvalue weighted by atomic mass is 16.5. The maximum absolute atomic E-state index is 6.34. The fourth-order valence-corrected chi connectivity index (χ4v) is 2.84. The van der Waals surface area contributed by atoms with Crippen molar-refractivity contribution in [3.8, 4) is 11.5 Å². The van der Waals surface area contributed by atoms with E-state index in [2.05, 4.69) is 72.5 Å². The number of aromatic amines is 1. The van der Waals surface area contributed by atoms with Gasteiger partial charge in [-0.3, -0.25) is 0 Å². The predicted molar refractivity (Wildman–Crippen MR) is 105 cm³/mol. The lowest BCUT2D eigenvalue weighted by atomic mass is 10.0. The molecular weight excluding hydrogens is 326 g/mol. The van der Waals surface area contributed by atoms with Crippen molar-refractivity contribution in [2.75, 3.05) is 11.1 Å². The number of nitrogens with zero attached hydrogens (tertiary/aromatic N) is 2. The number of hydrogen-bond acceptors (Lipinski definition) is 5. The number of benzene rings is 2. The first-order chi connectivity index (χ1) is 12.4.